The Morgan fingerprint density at radius 1 is 1.47 bits per heavy atom. The number of hydrogen-bond donors (Lipinski definition) is 2. The van der Waals surface area contributed by atoms with E-state index in [0.717, 1.165) is 0 Å². The van der Waals surface area contributed by atoms with Gasteiger partial charge in [-0.1, -0.05) is 11.6 Å². The number of carbonyl (C=O) groups excluding carboxylic acids is 1. The van der Waals surface area contributed by atoms with Gasteiger partial charge in [0.2, 0.25) is 0 Å². The van der Waals surface area contributed by atoms with Crippen molar-refractivity contribution in [1.82, 2.24) is 11.0 Å². The first-order valence-corrected chi connectivity index (χ1v) is 4.52. The maximum Gasteiger partial charge on any atom is 0.155 e. The van der Waals surface area contributed by atoms with Crippen molar-refractivity contribution in [3.05, 3.63) is 40.9 Å². The number of halogens is 2. The molecule has 0 saturated carbocycles. The first kappa shape index (κ1) is 9.95. The summed E-state index contributed by atoms with van der Waals surface area (Å²) in [7, 11) is 0. The zero-order valence-electron chi connectivity index (χ0n) is 7.50. The predicted molar refractivity (Wildman–Crippen MR) is 54.7 cm³/mol. The van der Waals surface area contributed by atoms with Gasteiger partial charge in [-0.25, -0.2) is 4.39 Å². The van der Waals surface area contributed by atoms with Gasteiger partial charge in [0, 0.05) is 12.4 Å². The molecule has 0 atom stereocenters. The Balaban J connectivity index is 2.51. The van der Waals surface area contributed by atoms with E-state index in [1.165, 1.54) is 11.1 Å². The van der Waals surface area contributed by atoms with Gasteiger partial charge >= 0.3 is 0 Å². The van der Waals surface area contributed by atoms with Gasteiger partial charge in [-0.15, -0.1) is 5.53 Å². The summed E-state index contributed by atoms with van der Waals surface area (Å²) in [5.41, 5.74) is 5.69. The van der Waals surface area contributed by atoms with Crippen molar-refractivity contribution >= 4 is 23.6 Å². The first-order valence-electron chi connectivity index (χ1n) is 4.14. The molecule has 0 amide bonds. The topological polar surface area (TPSA) is 44.4 Å². The molecule has 0 radical (unpaired) electrons. The van der Waals surface area contributed by atoms with Gasteiger partial charge < -0.3 is 5.43 Å². The molecule has 2 rings (SSSR count). The largest absolute Gasteiger partial charge is 0.309 e. The highest BCUT2D eigenvalue weighted by Gasteiger charge is 2.16. The van der Waals surface area contributed by atoms with Crippen LogP contribution in [0.25, 0.3) is 0 Å². The third kappa shape index (κ3) is 1.67. The Bertz CT molecular complexity index is 436. The minimum atomic E-state index is -0.716. The van der Waals surface area contributed by atoms with Crippen LogP contribution in [0.1, 0.15) is 10.4 Å². The minimum Gasteiger partial charge on any atom is -0.309 e. The van der Waals surface area contributed by atoms with Gasteiger partial charge in [-0.3, -0.25) is 9.80 Å². The van der Waals surface area contributed by atoms with Crippen LogP contribution in [-0.4, -0.2) is 6.29 Å². The molecule has 15 heavy (non-hydrogen) atoms. The highest BCUT2D eigenvalue weighted by molar-refractivity contribution is 6.31. The van der Waals surface area contributed by atoms with Crippen molar-refractivity contribution in [1.29, 1.82) is 0 Å². The number of hydrazine groups is 2. The normalized spacial score (nSPS) is 14.1. The number of aldehydes is 1. The van der Waals surface area contributed by atoms with E-state index in [-0.39, 0.29) is 10.6 Å². The fourth-order valence-corrected chi connectivity index (χ4v) is 1.44. The second kappa shape index (κ2) is 3.88. The lowest BCUT2D eigenvalue weighted by atomic mass is 10.2. The molecule has 0 spiro atoms. The van der Waals surface area contributed by atoms with Crippen molar-refractivity contribution in [3.63, 3.8) is 0 Å². The van der Waals surface area contributed by atoms with Crippen LogP contribution in [0.4, 0.5) is 10.1 Å². The fourth-order valence-electron chi connectivity index (χ4n) is 1.27. The van der Waals surface area contributed by atoms with Gasteiger partial charge in [-0.05, 0) is 12.1 Å². The summed E-state index contributed by atoms with van der Waals surface area (Å²) in [6.45, 7) is 0. The van der Waals surface area contributed by atoms with Crippen LogP contribution < -0.4 is 16.0 Å². The summed E-state index contributed by atoms with van der Waals surface area (Å²) < 4.78 is 13.5. The molecule has 6 heteroatoms. The molecule has 0 aromatic heterocycles. The van der Waals surface area contributed by atoms with Crippen LogP contribution in [0.2, 0.25) is 5.02 Å². The van der Waals surface area contributed by atoms with Gasteiger partial charge in [0.25, 0.3) is 0 Å². The van der Waals surface area contributed by atoms with Crippen molar-refractivity contribution < 1.29 is 9.18 Å². The summed E-state index contributed by atoms with van der Waals surface area (Å²) in [5.74, 6) is -0.716. The minimum absolute atomic E-state index is 0.0722. The molecule has 0 fully saturated rings. The molecule has 2 N–H and O–H groups in total. The van der Waals surface area contributed by atoms with E-state index in [0.29, 0.717) is 12.0 Å². The number of anilines is 1. The number of nitrogens with one attached hydrogen (secondary N) is 2. The summed E-state index contributed by atoms with van der Waals surface area (Å²) in [4.78, 5) is 10.8. The zero-order valence-corrected chi connectivity index (χ0v) is 8.25. The first-order chi connectivity index (χ1) is 7.24. The Morgan fingerprint density at radius 2 is 2.27 bits per heavy atom. The van der Waals surface area contributed by atoms with E-state index in [1.807, 2.05) is 0 Å². The van der Waals surface area contributed by atoms with Crippen molar-refractivity contribution in [2.45, 2.75) is 0 Å². The fraction of sp³-hybridized carbons (Fsp3) is 0. The van der Waals surface area contributed by atoms with E-state index in [4.69, 9.17) is 11.6 Å². The van der Waals surface area contributed by atoms with E-state index in [9.17, 15) is 9.18 Å². The zero-order chi connectivity index (χ0) is 10.8. The molecular formula is C9H7ClFN3O. The van der Waals surface area contributed by atoms with Crippen molar-refractivity contribution in [2.75, 3.05) is 5.01 Å². The molecule has 0 aliphatic carbocycles. The van der Waals surface area contributed by atoms with Gasteiger partial charge in [0.05, 0.1) is 16.3 Å². The van der Waals surface area contributed by atoms with Crippen LogP contribution in [0.15, 0.2) is 24.5 Å². The molecule has 0 unspecified atom stereocenters. The predicted octanol–water partition coefficient (Wildman–Crippen LogP) is 1.59. The molecule has 1 aromatic rings. The van der Waals surface area contributed by atoms with Crippen LogP contribution in [0.5, 0.6) is 0 Å². The maximum atomic E-state index is 13.5. The average molecular weight is 228 g/mol. The Labute approximate surface area is 90.3 Å². The number of carbonyl (C=O) groups is 1. The standard InChI is InChI=1S/C9H7ClFN3O/c10-7-1-2-8(6(5-15)9(7)11)14-4-3-12-13-14/h1-5,12-13H. The molecule has 4 nitrogen and oxygen atoms in total. The monoisotopic (exact) mass is 227 g/mol. The quantitative estimate of drug-likeness (QED) is 0.754. The van der Waals surface area contributed by atoms with Crippen molar-refractivity contribution in [2.24, 2.45) is 0 Å². The number of rotatable bonds is 2. The van der Waals surface area contributed by atoms with E-state index in [2.05, 4.69) is 11.0 Å². The Hall–Kier alpha value is -1.59. The Kier molecular flexibility index (Phi) is 2.57. The van der Waals surface area contributed by atoms with Crippen LogP contribution in [0.3, 0.4) is 0 Å². The summed E-state index contributed by atoms with van der Waals surface area (Å²) in [5, 5.41) is 1.40. The summed E-state index contributed by atoms with van der Waals surface area (Å²) >= 11 is 5.56. The lowest BCUT2D eigenvalue weighted by molar-refractivity contribution is 0.112. The third-order valence-electron chi connectivity index (χ3n) is 1.98. The van der Waals surface area contributed by atoms with E-state index >= 15 is 0 Å². The maximum absolute atomic E-state index is 13.5. The van der Waals surface area contributed by atoms with Gasteiger partial charge in [-0.2, -0.15) is 0 Å². The lowest BCUT2D eigenvalue weighted by Gasteiger charge is -2.17. The van der Waals surface area contributed by atoms with Crippen LogP contribution in [0, 0.1) is 5.82 Å². The SMILES string of the molecule is O=Cc1c(N2C=CNN2)ccc(Cl)c1F. The average Bonchev–Trinajstić information content (AvgIpc) is 2.75. The Morgan fingerprint density at radius 3 is 2.87 bits per heavy atom. The van der Waals surface area contributed by atoms with Gasteiger partial charge in [0.1, 0.15) is 0 Å². The molecular weight excluding hydrogens is 221 g/mol. The molecule has 1 heterocycles. The molecule has 0 saturated heterocycles. The lowest BCUT2D eigenvalue weighted by Crippen LogP contribution is -2.36. The number of benzene rings is 1. The number of hydrogen-bond acceptors (Lipinski definition) is 4. The molecule has 78 valence electrons. The molecule has 1 aliphatic rings. The smallest absolute Gasteiger partial charge is 0.155 e. The summed E-state index contributed by atoms with van der Waals surface area (Å²) in [6.07, 6.45) is 3.67. The highest BCUT2D eigenvalue weighted by Crippen LogP contribution is 2.26. The van der Waals surface area contributed by atoms with Crippen LogP contribution in [-0.2, 0) is 0 Å². The van der Waals surface area contributed by atoms with E-state index < -0.39 is 5.82 Å². The second-order valence-corrected chi connectivity index (χ2v) is 3.26. The van der Waals surface area contributed by atoms with Gasteiger partial charge in [0.15, 0.2) is 12.1 Å². The highest BCUT2D eigenvalue weighted by atomic mass is 35.5. The van der Waals surface area contributed by atoms with Crippen molar-refractivity contribution in [3.8, 4) is 0 Å². The summed E-state index contributed by atoms with van der Waals surface area (Å²) in [6, 6.07) is 2.95. The van der Waals surface area contributed by atoms with E-state index in [1.54, 1.807) is 18.5 Å². The molecule has 1 aromatic carbocycles. The third-order valence-corrected chi connectivity index (χ3v) is 2.27. The number of nitrogens with zero attached hydrogens (tertiary/aromatic N) is 1. The van der Waals surface area contributed by atoms with Crippen LogP contribution >= 0.6 is 11.6 Å². The molecule has 0 bridgehead atoms. The second-order valence-electron chi connectivity index (χ2n) is 2.85. The molecule has 1 aliphatic heterocycles.